The van der Waals surface area contributed by atoms with E-state index in [1.165, 1.54) is 11.3 Å². The Morgan fingerprint density at radius 3 is 2.91 bits per heavy atom. The van der Waals surface area contributed by atoms with Gasteiger partial charge < -0.3 is 9.88 Å². The fourth-order valence-electron chi connectivity index (χ4n) is 2.11. The number of nitrogens with one attached hydrogen (secondary N) is 2. The highest BCUT2D eigenvalue weighted by molar-refractivity contribution is 7.08. The third-order valence-corrected chi connectivity index (χ3v) is 4.21. The summed E-state index contributed by atoms with van der Waals surface area (Å²) in [6.45, 7) is -0.126. The molecular formula is C15H13ClN4O2S. The van der Waals surface area contributed by atoms with Crippen LogP contribution in [-0.2, 0) is 11.8 Å². The molecule has 3 rings (SSSR count). The minimum atomic E-state index is -0.349. The zero-order valence-corrected chi connectivity index (χ0v) is 13.7. The first-order valence-corrected chi connectivity index (χ1v) is 8.09. The van der Waals surface area contributed by atoms with Crippen LogP contribution in [0.1, 0.15) is 10.4 Å². The molecule has 0 atom stereocenters. The standard InChI is InChI=1S/C15H13ClN4O2S/c1-20-12-3-2-10(16)6-11(12)18-15(20)19-13(21)7-17-14(22)9-4-5-23-8-9/h2-6,8H,7H2,1H3,(H,17,22)(H,18,19,21). The maximum atomic E-state index is 12.0. The zero-order valence-electron chi connectivity index (χ0n) is 12.2. The maximum Gasteiger partial charge on any atom is 0.252 e. The van der Waals surface area contributed by atoms with E-state index >= 15 is 0 Å². The lowest BCUT2D eigenvalue weighted by Gasteiger charge is -2.06. The normalized spacial score (nSPS) is 10.7. The first kappa shape index (κ1) is 15.5. The van der Waals surface area contributed by atoms with E-state index < -0.39 is 0 Å². The van der Waals surface area contributed by atoms with Crippen molar-refractivity contribution in [2.45, 2.75) is 0 Å². The maximum absolute atomic E-state index is 12.0. The molecule has 0 saturated carbocycles. The molecule has 6 nitrogen and oxygen atoms in total. The number of anilines is 1. The Morgan fingerprint density at radius 1 is 1.35 bits per heavy atom. The molecule has 0 saturated heterocycles. The Balaban J connectivity index is 1.66. The highest BCUT2D eigenvalue weighted by Crippen LogP contribution is 2.21. The van der Waals surface area contributed by atoms with Crippen molar-refractivity contribution in [3.05, 3.63) is 45.6 Å². The molecule has 0 spiro atoms. The molecule has 0 aliphatic rings. The van der Waals surface area contributed by atoms with E-state index in [1.54, 1.807) is 40.6 Å². The van der Waals surface area contributed by atoms with E-state index in [0.29, 0.717) is 22.1 Å². The van der Waals surface area contributed by atoms with Crippen molar-refractivity contribution >= 4 is 51.7 Å². The second-order valence-corrected chi connectivity index (χ2v) is 6.09. The predicted octanol–water partition coefficient (Wildman–Crippen LogP) is 2.66. The van der Waals surface area contributed by atoms with Gasteiger partial charge in [0.1, 0.15) is 0 Å². The lowest BCUT2D eigenvalue weighted by molar-refractivity contribution is -0.115. The van der Waals surface area contributed by atoms with Crippen LogP contribution >= 0.6 is 22.9 Å². The Morgan fingerprint density at radius 2 is 2.17 bits per heavy atom. The monoisotopic (exact) mass is 348 g/mol. The number of rotatable bonds is 4. The van der Waals surface area contributed by atoms with Gasteiger partial charge in [0, 0.05) is 23.0 Å². The number of thiophene rings is 1. The highest BCUT2D eigenvalue weighted by atomic mass is 35.5. The van der Waals surface area contributed by atoms with E-state index in [4.69, 9.17) is 11.6 Å². The van der Waals surface area contributed by atoms with E-state index in [9.17, 15) is 9.59 Å². The van der Waals surface area contributed by atoms with Crippen LogP contribution in [-0.4, -0.2) is 27.9 Å². The minimum Gasteiger partial charge on any atom is -0.343 e. The first-order valence-electron chi connectivity index (χ1n) is 6.77. The van der Waals surface area contributed by atoms with Crippen molar-refractivity contribution in [2.75, 3.05) is 11.9 Å². The number of aryl methyl sites for hydroxylation is 1. The Kier molecular flexibility index (Phi) is 4.31. The second-order valence-electron chi connectivity index (χ2n) is 4.87. The minimum absolute atomic E-state index is 0.126. The fourth-order valence-corrected chi connectivity index (χ4v) is 2.91. The number of fused-ring (bicyclic) bond motifs is 1. The molecule has 0 fully saturated rings. The summed E-state index contributed by atoms with van der Waals surface area (Å²) >= 11 is 7.36. The van der Waals surface area contributed by atoms with Gasteiger partial charge in [0.15, 0.2) is 0 Å². The largest absolute Gasteiger partial charge is 0.343 e. The topological polar surface area (TPSA) is 76.0 Å². The van der Waals surface area contributed by atoms with Crippen LogP contribution in [0, 0.1) is 0 Å². The number of imidazole rings is 1. The average molecular weight is 349 g/mol. The molecule has 2 aromatic heterocycles. The summed E-state index contributed by atoms with van der Waals surface area (Å²) < 4.78 is 1.75. The SMILES string of the molecule is Cn1c(NC(=O)CNC(=O)c2ccsc2)nc2cc(Cl)ccc21. The zero-order chi connectivity index (χ0) is 16.4. The van der Waals surface area contributed by atoms with Crippen molar-refractivity contribution in [3.63, 3.8) is 0 Å². The third-order valence-electron chi connectivity index (χ3n) is 3.29. The van der Waals surface area contributed by atoms with Crippen LogP contribution in [0.4, 0.5) is 5.95 Å². The van der Waals surface area contributed by atoms with E-state index in [2.05, 4.69) is 15.6 Å². The fraction of sp³-hybridized carbons (Fsp3) is 0.133. The number of carbonyl (C=O) groups excluding carboxylic acids is 2. The average Bonchev–Trinajstić information content (AvgIpc) is 3.14. The smallest absolute Gasteiger partial charge is 0.252 e. The van der Waals surface area contributed by atoms with Crippen molar-refractivity contribution < 1.29 is 9.59 Å². The molecule has 0 unspecified atom stereocenters. The molecule has 0 aliphatic carbocycles. The van der Waals surface area contributed by atoms with Gasteiger partial charge in [-0.3, -0.25) is 14.9 Å². The summed E-state index contributed by atoms with van der Waals surface area (Å²) in [5, 5.41) is 9.35. The summed E-state index contributed by atoms with van der Waals surface area (Å²) in [7, 11) is 1.79. The number of halogens is 1. The quantitative estimate of drug-likeness (QED) is 0.761. The van der Waals surface area contributed by atoms with E-state index in [0.717, 1.165) is 5.52 Å². The molecule has 23 heavy (non-hydrogen) atoms. The van der Waals surface area contributed by atoms with Gasteiger partial charge in [-0.1, -0.05) is 11.6 Å². The summed E-state index contributed by atoms with van der Waals surface area (Å²) in [4.78, 5) is 28.1. The van der Waals surface area contributed by atoms with E-state index in [-0.39, 0.29) is 18.4 Å². The number of carbonyl (C=O) groups is 2. The molecule has 0 radical (unpaired) electrons. The lowest BCUT2D eigenvalue weighted by atomic mass is 10.3. The predicted molar refractivity (Wildman–Crippen MR) is 91.0 cm³/mol. The summed E-state index contributed by atoms with van der Waals surface area (Å²) in [5.41, 5.74) is 2.09. The van der Waals surface area contributed by atoms with E-state index in [1.807, 2.05) is 6.07 Å². The molecule has 8 heteroatoms. The van der Waals surface area contributed by atoms with Gasteiger partial charge in [0.05, 0.1) is 17.6 Å². The van der Waals surface area contributed by atoms with Gasteiger partial charge in [-0.05, 0) is 29.6 Å². The van der Waals surface area contributed by atoms with Crippen molar-refractivity contribution in [1.29, 1.82) is 0 Å². The van der Waals surface area contributed by atoms with Crippen LogP contribution in [0.25, 0.3) is 11.0 Å². The van der Waals surface area contributed by atoms with Crippen molar-refractivity contribution in [1.82, 2.24) is 14.9 Å². The molecule has 2 N–H and O–H groups in total. The van der Waals surface area contributed by atoms with Crippen LogP contribution in [0.2, 0.25) is 5.02 Å². The van der Waals surface area contributed by atoms with Crippen LogP contribution in [0.3, 0.4) is 0 Å². The molecule has 0 aliphatic heterocycles. The molecule has 3 aromatic rings. The molecule has 1 aromatic carbocycles. The number of benzene rings is 1. The molecular weight excluding hydrogens is 336 g/mol. The van der Waals surface area contributed by atoms with Gasteiger partial charge in [0.25, 0.3) is 5.91 Å². The number of amides is 2. The Labute approximate surface area is 141 Å². The van der Waals surface area contributed by atoms with Crippen molar-refractivity contribution in [3.8, 4) is 0 Å². The summed E-state index contributed by atoms with van der Waals surface area (Å²) in [5.74, 6) is -0.228. The number of hydrogen-bond donors (Lipinski definition) is 2. The summed E-state index contributed by atoms with van der Waals surface area (Å²) in [6.07, 6.45) is 0. The number of nitrogens with zero attached hydrogens (tertiary/aromatic N) is 2. The number of hydrogen-bond acceptors (Lipinski definition) is 4. The van der Waals surface area contributed by atoms with Gasteiger partial charge in [-0.2, -0.15) is 11.3 Å². The molecule has 118 valence electrons. The third kappa shape index (κ3) is 3.35. The number of aromatic nitrogens is 2. The first-order chi connectivity index (χ1) is 11.0. The van der Waals surface area contributed by atoms with Gasteiger partial charge in [-0.15, -0.1) is 0 Å². The molecule has 2 heterocycles. The van der Waals surface area contributed by atoms with Crippen LogP contribution in [0.15, 0.2) is 35.0 Å². The Bertz CT molecular complexity index is 873. The molecule has 0 bridgehead atoms. The second kappa shape index (κ2) is 6.39. The highest BCUT2D eigenvalue weighted by Gasteiger charge is 2.12. The van der Waals surface area contributed by atoms with Crippen LogP contribution < -0.4 is 10.6 Å². The van der Waals surface area contributed by atoms with Gasteiger partial charge >= 0.3 is 0 Å². The van der Waals surface area contributed by atoms with Crippen molar-refractivity contribution in [2.24, 2.45) is 7.05 Å². The van der Waals surface area contributed by atoms with Gasteiger partial charge in [-0.25, -0.2) is 4.98 Å². The molecule has 2 amide bonds. The summed E-state index contributed by atoms with van der Waals surface area (Å²) in [6, 6.07) is 7.02. The van der Waals surface area contributed by atoms with Crippen LogP contribution in [0.5, 0.6) is 0 Å². The lowest BCUT2D eigenvalue weighted by Crippen LogP contribution is -2.33. The Hall–Kier alpha value is -2.38. The van der Waals surface area contributed by atoms with Gasteiger partial charge in [0.2, 0.25) is 11.9 Å².